The van der Waals surface area contributed by atoms with Crippen LogP contribution in [0.15, 0.2) is 18.2 Å². The molecule has 0 fully saturated rings. The highest BCUT2D eigenvalue weighted by Crippen LogP contribution is 2.35. The van der Waals surface area contributed by atoms with Gasteiger partial charge in [0.1, 0.15) is 10.6 Å². The van der Waals surface area contributed by atoms with Crippen molar-refractivity contribution >= 4 is 17.3 Å². The van der Waals surface area contributed by atoms with Crippen molar-refractivity contribution in [1.82, 2.24) is 4.98 Å². The second-order valence-corrected chi connectivity index (χ2v) is 5.12. The van der Waals surface area contributed by atoms with Crippen molar-refractivity contribution in [3.8, 4) is 17.0 Å². The van der Waals surface area contributed by atoms with Gasteiger partial charge in [-0.15, -0.1) is 11.3 Å². The molecule has 1 N–H and O–H groups in total. The molecule has 0 bridgehead atoms. The number of aromatic carboxylic acids is 1. The number of hydrogen-bond acceptors (Lipinski definition) is 4. The molecule has 94 valence electrons. The number of ether oxygens (including phenoxy) is 1. The minimum Gasteiger partial charge on any atom is -0.496 e. The number of benzene rings is 1. The van der Waals surface area contributed by atoms with Crippen LogP contribution < -0.4 is 4.74 Å². The Labute approximate surface area is 109 Å². The SMILES string of the molecule is COc1ccc(C)cc1-c1nc(C)sc1C(=O)O. The summed E-state index contributed by atoms with van der Waals surface area (Å²) in [6.45, 7) is 3.74. The number of hydrogen-bond donors (Lipinski definition) is 1. The topological polar surface area (TPSA) is 59.4 Å². The third-order valence-electron chi connectivity index (χ3n) is 2.54. The summed E-state index contributed by atoms with van der Waals surface area (Å²) in [5, 5.41) is 9.93. The molecule has 0 atom stereocenters. The number of nitrogens with zero attached hydrogens (tertiary/aromatic N) is 1. The highest BCUT2D eigenvalue weighted by molar-refractivity contribution is 7.14. The number of thiazole rings is 1. The second-order valence-electron chi connectivity index (χ2n) is 3.92. The van der Waals surface area contributed by atoms with E-state index in [2.05, 4.69) is 4.98 Å². The van der Waals surface area contributed by atoms with Crippen LogP contribution in [0.3, 0.4) is 0 Å². The number of aromatic nitrogens is 1. The van der Waals surface area contributed by atoms with Gasteiger partial charge in [0, 0.05) is 5.56 Å². The summed E-state index contributed by atoms with van der Waals surface area (Å²) in [6.07, 6.45) is 0. The van der Waals surface area contributed by atoms with Crippen LogP contribution in [0, 0.1) is 13.8 Å². The molecule has 0 aliphatic heterocycles. The van der Waals surface area contributed by atoms with Crippen LogP contribution in [0.5, 0.6) is 5.75 Å². The van der Waals surface area contributed by atoms with E-state index in [0.29, 0.717) is 11.4 Å². The van der Waals surface area contributed by atoms with Crippen LogP contribution in [0.4, 0.5) is 0 Å². The molecule has 4 nitrogen and oxygen atoms in total. The van der Waals surface area contributed by atoms with E-state index in [0.717, 1.165) is 16.1 Å². The molecule has 2 rings (SSSR count). The number of carboxylic acids is 1. The van der Waals surface area contributed by atoms with Crippen LogP contribution in [-0.2, 0) is 0 Å². The maximum absolute atomic E-state index is 11.2. The Balaban J connectivity index is 2.68. The van der Waals surface area contributed by atoms with Gasteiger partial charge >= 0.3 is 5.97 Å². The summed E-state index contributed by atoms with van der Waals surface area (Å²) in [7, 11) is 1.56. The molecule has 0 aliphatic carbocycles. The van der Waals surface area contributed by atoms with Crippen molar-refractivity contribution in [2.45, 2.75) is 13.8 Å². The monoisotopic (exact) mass is 263 g/mol. The summed E-state index contributed by atoms with van der Waals surface area (Å²) in [5.41, 5.74) is 2.23. The molecule has 2 aromatic rings. The highest BCUT2D eigenvalue weighted by Gasteiger charge is 2.20. The fourth-order valence-corrected chi connectivity index (χ4v) is 2.53. The minimum absolute atomic E-state index is 0.247. The highest BCUT2D eigenvalue weighted by atomic mass is 32.1. The molecule has 0 unspecified atom stereocenters. The van der Waals surface area contributed by atoms with Crippen molar-refractivity contribution < 1.29 is 14.6 Å². The molecule has 1 aromatic carbocycles. The van der Waals surface area contributed by atoms with Gasteiger partial charge in [0.2, 0.25) is 0 Å². The van der Waals surface area contributed by atoms with E-state index < -0.39 is 5.97 Å². The number of carbonyl (C=O) groups is 1. The van der Waals surface area contributed by atoms with Crippen LogP contribution in [0.1, 0.15) is 20.2 Å². The molecular weight excluding hydrogens is 250 g/mol. The lowest BCUT2D eigenvalue weighted by Crippen LogP contribution is -1.97. The first-order chi connectivity index (χ1) is 8.52. The molecule has 0 saturated heterocycles. The number of methoxy groups -OCH3 is 1. The van der Waals surface area contributed by atoms with Crippen LogP contribution in [-0.4, -0.2) is 23.2 Å². The number of carboxylic acid groups (broad SMARTS) is 1. The van der Waals surface area contributed by atoms with E-state index in [1.165, 1.54) is 11.3 Å². The lowest BCUT2D eigenvalue weighted by atomic mass is 10.1. The molecule has 0 saturated carbocycles. The van der Waals surface area contributed by atoms with E-state index in [9.17, 15) is 9.90 Å². The fraction of sp³-hybridized carbons (Fsp3) is 0.231. The normalized spacial score (nSPS) is 10.4. The van der Waals surface area contributed by atoms with Gasteiger partial charge in [-0.05, 0) is 26.0 Å². The summed E-state index contributed by atoms with van der Waals surface area (Å²) in [4.78, 5) is 15.8. The molecule has 0 amide bonds. The molecule has 0 radical (unpaired) electrons. The van der Waals surface area contributed by atoms with Crippen LogP contribution in [0.25, 0.3) is 11.3 Å². The lowest BCUT2D eigenvalue weighted by Gasteiger charge is -2.08. The first-order valence-corrected chi connectivity index (χ1v) is 6.20. The summed E-state index contributed by atoms with van der Waals surface area (Å²) in [6, 6.07) is 5.63. The Hall–Kier alpha value is -1.88. The third kappa shape index (κ3) is 2.22. The molecule has 0 aliphatic rings. The van der Waals surface area contributed by atoms with Gasteiger partial charge in [0.25, 0.3) is 0 Å². The zero-order valence-corrected chi connectivity index (χ0v) is 11.2. The molecular formula is C13H13NO3S. The van der Waals surface area contributed by atoms with Crippen molar-refractivity contribution in [2.75, 3.05) is 7.11 Å². The van der Waals surface area contributed by atoms with Gasteiger partial charge in [-0.25, -0.2) is 9.78 Å². The van der Waals surface area contributed by atoms with Crippen LogP contribution in [0.2, 0.25) is 0 Å². The zero-order chi connectivity index (χ0) is 13.3. The largest absolute Gasteiger partial charge is 0.496 e. The van der Waals surface area contributed by atoms with E-state index >= 15 is 0 Å². The average molecular weight is 263 g/mol. The van der Waals surface area contributed by atoms with Crippen molar-refractivity contribution in [2.24, 2.45) is 0 Å². The Morgan fingerprint density at radius 1 is 1.39 bits per heavy atom. The van der Waals surface area contributed by atoms with Crippen molar-refractivity contribution in [1.29, 1.82) is 0 Å². The smallest absolute Gasteiger partial charge is 0.348 e. The predicted octanol–water partition coefficient (Wildman–Crippen LogP) is 3.13. The average Bonchev–Trinajstić information content (AvgIpc) is 2.71. The molecule has 5 heteroatoms. The maximum Gasteiger partial charge on any atom is 0.348 e. The van der Waals surface area contributed by atoms with Gasteiger partial charge in [0.05, 0.1) is 17.8 Å². The zero-order valence-electron chi connectivity index (χ0n) is 10.4. The Bertz CT molecular complexity index is 604. The van der Waals surface area contributed by atoms with E-state index in [4.69, 9.17) is 4.74 Å². The fourth-order valence-electron chi connectivity index (χ4n) is 1.76. The number of aryl methyl sites for hydroxylation is 2. The van der Waals surface area contributed by atoms with Gasteiger partial charge in [-0.1, -0.05) is 11.6 Å². The molecule has 0 spiro atoms. The number of rotatable bonds is 3. The summed E-state index contributed by atoms with van der Waals surface area (Å²) >= 11 is 1.18. The quantitative estimate of drug-likeness (QED) is 0.924. The van der Waals surface area contributed by atoms with Gasteiger partial charge in [-0.3, -0.25) is 0 Å². The molecule has 18 heavy (non-hydrogen) atoms. The summed E-state index contributed by atoms with van der Waals surface area (Å²) < 4.78 is 5.27. The Morgan fingerprint density at radius 3 is 2.72 bits per heavy atom. The van der Waals surface area contributed by atoms with Gasteiger partial charge in [-0.2, -0.15) is 0 Å². The Morgan fingerprint density at radius 2 is 2.11 bits per heavy atom. The minimum atomic E-state index is -0.959. The lowest BCUT2D eigenvalue weighted by molar-refractivity contribution is 0.0702. The molecule has 1 aromatic heterocycles. The standard InChI is InChI=1S/C13H13NO3S/c1-7-4-5-10(17-3)9(6-7)11-12(13(15)16)18-8(2)14-11/h4-6H,1-3H3,(H,15,16). The first-order valence-electron chi connectivity index (χ1n) is 5.38. The second kappa shape index (κ2) is 4.78. The maximum atomic E-state index is 11.2. The van der Waals surface area contributed by atoms with E-state index in [1.54, 1.807) is 14.0 Å². The summed E-state index contributed by atoms with van der Waals surface area (Å²) in [5.74, 6) is -0.326. The van der Waals surface area contributed by atoms with Crippen molar-refractivity contribution in [3.63, 3.8) is 0 Å². The predicted molar refractivity (Wildman–Crippen MR) is 70.5 cm³/mol. The third-order valence-corrected chi connectivity index (χ3v) is 3.50. The van der Waals surface area contributed by atoms with E-state index in [-0.39, 0.29) is 4.88 Å². The van der Waals surface area contributed by atoms with Crippen molar-refractivity contribution in [3.05, 3.63) is 33.6 Å². The molecule has 1 heterocycles. The first kappa shape index (κ1) is 12.6. The van der Waals surface area contributed by atoms with Crippen LogP contribution >= 0.6 is 11.3 Å². The van der Waals surface area contributed by atoms with E-state index in [1.807, 2.05) is 25.1 Å². The Kier molecular flexibility index (Phi) is 3.34. The van der Waals surface area contributed by atoms with Gasteiger partial charge < -0.3 is 9.84 Å². The van der Waals surface area contributed by atoms with Gasteiger partial charge in [0.15, 0.2) is 0 Å².